The monoisotopic (exact) mass is 296 g/mol. The Balaban J connectivity index is 1.86. The fraction of sp³-hybridized carbons (Fsp3) is 0.133. The van der Waals surface area contributed by atoms with E-state index in [-0.39, 0.29) is 11.8 Å². The second-order valence-corrected chi connectivity index (χ2v) is 6.06. The van der Waals surface area contributed by atoms with Crippen molar-refractivity contribution in [2.45, 2.75) is 12.3 Å². The molecule has 21 heavy (non-hydrogen) atoms. The van der Waals surface area contributed by atoms with E-state index in [2.05, 4.69) is 15.3 Å². The van der Waals surface area contributed by atoms with Crippen LogP contribution in [-0.4, -0.2) is 15.9 Å². The van der Waals surface area contributed by atoms with Crippen LogP contribution in [0.4, 0.5) is 11.6 Å². The number of nitrogens with zero attached hydrogens (tertiary/aromatic N) is 2. The van der Waals surface area contributed by atoms with Crippen molar-refractivity contribution in [2.75, 3.05) is 11.1 Å². The number of carbonyl (C=O) groups is 1. The van der Waals surface area contributed by atoms with Gasteiger partial charge in [0, 0.05) is 17.9 Å². The summed E-state index contributed by atoms with van der Waals surface area (Å²) in [7, 11) is 0. The number of hydrogen-bond acceptors (Lipinski definition) is 5. The number of carbonyl (C=O) groups excluding carboxylic acids is 1. The van der Waals surface area contributed by atoms with Crippen molar-refractivity contribution in [3.63, 3.8) is 0 Å². The average molecular weight is 296 g/mol. The van der Waals surface area contributed by atoms with Gasteiger partial charge in [-0.2, -0.15) is 0 Å². The summed E-state index contributed by atoms with van der Waals surface area (Å²) >= 11 is 1.62. The van der Waals surface area contributed by atoms with Gasteiger partial charge in [-0.1, -0.05) is 18.2 Å². The lowest BCUT2D eigenvalue weighted by molar-refractivity contribution is -0.116. The normalized spacial score (nSPS) is 17.5. The molecule has 1 amide bonds. The van der Waals surface area contributed by atoms with Gasteiger partial charge in [-0.05, 0) is 18.2 Å². The van der Waals surface area contributed by atoms with Crippen molar-refractivity contribution in [3.05, 3.63) is 47.0 Å². The van der Waals surface area contributed by atoms with Crippen LogP contribution in [0.15, 0.2) is 36.4 Å². The Morgan fingerprint density at radius 3 is 2.90 bits per heavy atom. The van der Waals surface area contributed by atoms with Gasteiger partial charge >= 0.3 is 0 Å². The molecule has 104 valence electrons. The number of benzene rings is 1. The van der Waals surface area contributed by atoms with E-state index in [1.165, 1.54) is 0 Å². The van der Waals surface area contributed by atoms with E-state index in [1.54, 1.807) is 17.4 Å². The second kappa shape index (κ2) is 4.53. The van der Waals surface area contributed by atoms with Gasteiger partial charge in [0.05, 0.1) is 10.2 Å². The van der Waals surface area contributed by atoms with Gasteiger partial charge in [0.2, 0.25) is 5.91 Å². The third kappa shape index (κ3) is 2.04. The minimum atomic E-state index is -0.0563. The van der Waals surface area contributed by atoms with Crippen LogP contribution in [0.1, 0.15) is 22.9 Å². The number of nitrogens with one attached hydrogen (secondary N) is 1. The average Bonchev–Trinajstić information content (AvgIpc) is 2.89. The molecule has 1 unspecified atom stereocenters. The lowest BCUT2D eigenvalue weighted by Crippen LogP contribution is -2.24. The van der Waals surface area contributed by atoms with Crippen molar-refractivity contribution >= 4 is 39.1 Å². The van der Waals surface area contributed by atoms with Gasteiger partial charge in [0.1, 0.15) is 16.6 Å². The molecule has 1 aliphatic rings. The highest BCUT2D eigenvalue weighted by Gasteiger charge is 2.29. The minimum Gasteiger partial charge on any atom is -0.384 e. The Labute approximate surface area is 124 Å². The molecule has 0 spiro atoms. The van der Waals surface area contributed by atoms with Crippen LogP contribution < -0.4 is 11.1 Å². The number of aromatic nitrogens is 2. The molecule has 1 atom stereocenters. The Morgan fingerprint density at radius 2 is 2.05 bits per heavy atom. The van der Waals surface area contributed by atoms with Gasteiger partial charge in [0.25, 0.3) is 0 Å². The number of nitrogens with two attached hydrogens (primary N) is 1. The Hall–Kier alpha value is -2.47. The van der Waals surface area contributed by atoms with Gasteiger partial charge in [-0.3, -0.25) is 4.79 Å². The number of pyridine rings is 1. The highest BCUT2D eigenvalue weighted by atomic mass is 32.1. The van der Waals surface area contributed by atoms with Crippen LogP contribution in [0.5, 0.6) is 0 Å². The van der Waals surface area contributed by atoms with Gasteiger partial charge in [-0.25, -0.2) is 9.97 Å². The smallest absolute Gasteiger partial charge is 0.226 e. The summed E-state index contributed by atoms with van der Waals surface area (Å²) in [6.45, 7) is 0. The maximum absolute atomic E-state index is 11.9. The van der Waals surface area contributed by atoms with Crippen LogP contribution in [0.3, 0.4) is 0 Å². The summed E-state index contributed by atoms with van der Waals surface area (Å²) in [4.78, 5) is 20.8. The SMILES string of the molecule is Nc1ccc2c(n1)NC(=O)CC2c1nc2ccccc2s1. The summed E-state index contributed by atoms with van der Waals surface area (Å²) in [6, 6.07) is 11.7. The van der Waals surface area contributed by atoms with Crippen LogP contribution in [0.25, 0.3) is 10.2 Å². The van der Waals surface area contributed by atoms with Crippen molar-refractivity contribution < 1.29 is 4.79 Å². The van der Waals surface area contributed by atoms with Crippen LogP contribution >= 0.6 is 11.3 Å². The lowest BCUT2D eigenvalue weighted by Gasteiger charge is -2.23. The van der Waals surface area contributed by atoms with E-state index in [0.717, 1.165) is 20.8 Å². The molecule has 0 radical (unpaired) electrons. The van der Waals surface area contributed by atoms with Crippen LogP contribution in [-0.2, 0) is 4.79 Å². The molecule has 0 bridgehead atoms. The predicted molar refractivity (Wildman–Crippen MR) is 83.4 cm³/mol. The van der Waals surface area contributed by atoms with E-state index in [4.69, 9.17) is 5.73 Å². The van der Waals surface area contributed by atoms with Gasteiger partial charge in [0.15, 0.2) is 0 Å². The Bertz CT molecular complexity index is 825. The molecule has 2 aromatic heterocycles. The summed E-state index contributed by atoms with van der Waals surface area (Å²) in [5, 5.41) is 3.72. The van der Waals surface area contributed by atoms with E-state index >= 15 is 0 Å². The van der Waals surface area contributed by atoms with E-state index < -0.39 is 0 Å². The third-order valence-corrected chi connectivity index (χ3v) is 4.73. The molecule has 3 aromatic rings. The number of nitrogen functional groups attached to an aromatic ring is 1. The first-order valence-corrected chi connectivity index (χ1v) is 7.44. The maximum atomic E-state index is 11.9. The number of rotatable bonds is 1. The van der Waals surface area contributed by atoms with Gasteiger partial charge < -0.3 is 11.1 Å². The molecular weight excluding hydrogens is 284 g/mol. The predicted octanol–water partition coefficient (Wildman–Crippen LogP) is 2.75. The molecule has 1 aliphatic heterocycles. The molecule has 0 aliphatic carbocycles. The number of para-hydroxylation sites is 1. The molecule has 6 heteroatoms. The summed E-state index contributed by atoms with van der Waals surface area (Å²) in [5.41, 5.74) is 7.64. The molecule has 0 saturated heterocycles. The highest BCUT2D eigenvalue weighted by molar-refractivity contribution is 7.18. The summed E-state index contributed by atoms with van der Waals surface area (Å²) in [6.07, 6.45) is 0.387. The van der Waals surface area contributed by atoms with E-state index in [1.807, 2.05) is 30.3 Å². The fourth-order valence-corrected chi connectivity index (χ4v) is 3.69. The first-order chi connectivity index (χ1) is 10.2. The minimum absolute atomic E-state index is 0.0511. The third-order valence-electron chi connectivity index (χ3n) is 3.58. The molecule has 1 aromatic carbocycles. The second-order valence-electron chi connectivity index (χ2n) is 5.00. The quantitative estimate of drug-likeness (QED) is 0.723. The van der Waals surface area contributed by atoms with E-state index in [0.29, 0.717) is 18.1 Å². The first kappa shape index (κ1) is 12.3. The number of fused-ring (bicyclic) bond motifs is 2. The number of thiazole rings is 1. The Kier molecular flexibility index (Phi) is 2.65. The first-order valence-electron chi connectivity index (χ1n) is 6.62. The van der Waals surface area contributed by atoms with Crippen molar-refractivity contribution in [2.24, 2.45) is 0 Å². The largest absolute Gasteiger partial charge is 0.384 e. The number of hydrogen-bond donors (Lipinski definition) is 2. The topological polar surface area (TPSA) is 80.9 Å². The standard InChI is InChI=1S/C15H12N4OS/c16-12-6-5-8-9(7-13(20)19-14(8)18-12)15-17-10-3-1-2-4-11(10)21-15/h1-6,9H,7H2,(H3,16,18,19,20). The zero-order valence-corrected chi connectivity index (χ0v) is 11.9. The Morgan fingerprint density at radius 1 is 1.19 bits per heavy atom. The zero-order valence-electron chi connectivity index (χ0n) is 11.0. The fourth-order valence-electron chi connectivity index (χ4n) is 2.60. The van der Waals surface area contributed by atoms with Crippen LogP contribution in [0, 0.1) is 0 Å². The van der Waals surface area contributed by atoms with Crippen molar-refractivity contribution in [1.29, 1.82) is 0 Å². The van der Waals surface area contributed by atoms with Gasteiger partial charge in [-0.15, -0.1) is 11.3 Å². The lowest BCUT2D eigenvalue weighted by atomic mass is 9.93. The number of amides is 1. The maximum Gasteiger partial charge on any atom is 0.226 e. The summed E-state index contributed by atoms with van der Waals surface area (Å²) < 4.78 is 1.13. The highest BCUT2D eigenvalue weighted by Crippen LogP contribution is 2.39. The van der Waals surface area contributed by atoms with Crippen molar-refractivity contribution in [3.8, 4) is 0 Å². The molecular formula is C15H12N4OS. The molecule has 3 N–H and O–H groups in total. The number of anilines is 2. The molecule has 0 fully saturated rings. The zero-order chi connectivity index (χ0) is 14.4. The van der Waals surface area contributed by atoms with Crippen molar-refractivity contribution in [1.82, 2.24) is 9.97 Å². The molecule has 0 saturated carbocycles. The summed E-state index contributed by atoms with van der Waals surface area (Å²) in [5.74, 6) is 0.846. The molecule has 4 rings (SSSR count). The molecule has 5 nitrogen and oxygen atoms in total. The van der Waals surface area contributed by atoms with E-state index in [9.17, 15) is 4.79 Å². The molecule has 3 heterocycles. The van der Waals surface area contributed by atoms with Crippen LogP contribution in [0.2, 0.25) is 0 Å².